The fourth-order valence-electron chi connectivity index (χ4n) is 5.48. The molecule has 0 radical (unpaired) electrons. The third kappa shape index (κ3) is 6.47. The van der Waals surface area contributed by atoms with Gasteiger partial charge < -0.3 is 19.5 Å². The number of alkyl halides is 3. The minimum atomic E-state index is -4.53. The largest absolute Gasteiger partial charge is 0.426 e. The lowest BCUT2D eigenvalue weighted by atomic mass is 9.76. The number of esters is 1. The Morgan fingerprint density at radius 3 is 2.54 bits per heavy atom. The summed E-state index contributed by atoms with van der Waals surface area (Å²) in [5.41, 5.74) is 0.431. The maximum atomic E-state index is 13.8. The zero-order valence-electron chi connectivity index (χ0n) is 21.1. The monoisotopic (exact) mass is 501 g/mol. The van der Waals surface area contributed by atoms with Crippen molar-refractivity contribution in [2.75, 3.05) is 13.2 Å². The summed E-state index contributed by atoms with van der Waals surface area (Å²) in [4.78, 5) is 26.0. The van der Waals surface area contributed by atoms with Gasteiger partial charge in [0.15, 0.2) is 0 Å². The first-order chi connectivity index (χ1) is 16.4. The summed E-state index contributed by atoms with van der Waals surface area (Å²) in [7, 11) is 0. The van der Waals surface area contributed by atoms with E-state index >= 15 is 0 Å². The van der Waals surface area contributed by atoms with Crippen molar-refractivity contribution in [1.29, 1.82) is 0 Å². The number of aliphatic hydroxyl groups excluding tert-OH is 1. The highest BCUT2D eigenvalue weighted by atomic mass is 19.4. The quantitative estimate of drug-likeness (QED) is 0.344. The molecule has 198 valence electrons. The molecule has 3 rings (SSSR count). The van der Waals surface area contributed by atoms with Crippen molar-refractivity contribution in [3.8, 4) is 0 Å². The van der Waals surface area contributed by atoms with Crippen LogP contribution in [0.15, 0.2) is 23.0 Å². The second-order valence-electron chi connectivity index (χ2n) is 10.7. The van der Waals surface area contributed by atoms with Gasteiger partial charge in [-0.15, -0.1) is 0 Å². The van der Waals surface area contributed by atoms with E-state index < -0.39 is 36.8 Å². The number of allylic oxidation sites excluding steroid dienone is 1. The molecule has 2 fully saturated rings. The van der Waals surface area contributed by atoms with Crippen LogP contribution in [0.3, 0.4) is 0 Å². The van der Waals surface area contributed by atoms with Crippen LogP contribution in [0.4, 0.5) is 13.2 Å². The molecule has 3 aliphatic rings. The van der Waals surface area contributed by atoms with Crippen LogP contribution >= 0.6 is 0 Å². The molecule has 0 spiro atoms. The topological polar surface area (TPSA) is 76.1 Å². The summed E-state index contributed by atoms with van der Waals surface area (Å²) in [6, 6.07) is 0. The predicted molar refractivity (Wildman–Crippen MR) is 124 cm³/mol. The molecule has 2 saturated heterocycles. The highest BCUT2D eigenvalue weighted by Crippen LogP contribution is 2.47. The number of fused-ring (bicyclic) bond motifs is 1. The number of rotatable bonds is 9. The van der Waals surface area contributed by atoms with Crippen LogP contribution in [0.5, 0.6) is 0 Å². The van der Waals surface area contributed by atoms with Crippen molar-refractivity contribution in [2.24, 2.45) is 17.3 Å². The molecule has 0 aromatic heterocycles. The van der Waals surface area contributed by atoms with E-state index in [2.05, 4.69) is 0 Å². The Morgan fingerprint density at radius 1 is 1.23 bits per heavy atom. The molecule has 0 aromatic rings. The Bertz CT molecular complexity index is 864. The number of amides is 1. The minimum Gasteiger partial charge on any atom is -0.426 e. The van der Waals surface area contributed by atoms with Gasteiger partial charge in [-0.05, 0) is 31.1 Å². The smallest absolute Gasteiger partial charge is 0.396 e. The van der Waals surface area contributed by atoms with Gasteiger partial charge in [-0.25, -0.2) is 0 Å². The number of hydrogen-bond donors (Lipinski definition) is 1. The van der Waals surface area contributed by atoms with E-state index in [1.54, 1.807) is 6.08 Å². The first-order valence-corrected chi connectivity index (χ1v) is 12.7. The Balaban J connectivity index is 1.76. The summed E-state index contributed by atoms with van der Waals surface area (Å²) in [6.45, 7) is 8.42. The van der Waals surface area contributed by atoms with Gasteiger partial charge >= 0.3 is 12.1 Å². The molecule has 35 heavy (non-hydrogen) atoms. The molecular formula is C26H38F3NO5. The van der Waals surface area contributed by atoms with Gasteiger partial charge in [0.2, 0.25) is 5.91 Å². The van der Waals surface area contributed by atoms with Crippen LogP contribution in [0.25, 0.3) is 0 Å². The van der Waals surface area contributed by atoms with E-state index in [-0.39, 0.29) is 35.2 Å². The summed E-state index contributed by atoms with van der Waals surface area (Å²) in [5, 5.41) is 10.4. The van der Waals surface area contributed by atoms with E-state index in [4.69, 9.17) is 9.47 Å². The number of carbonyl (C=O) groups excluding carboxylic acids is 2. The maximum absolute atomic E-state index is 13.8. The average Bonchev–Trinajstić information content (AvgIpc) is 2.73. The zero-order valence-corrected chi connectivity index (χ0v) is 21.1. The van der Waals surface area contributed by atoms with Gasteiger partial charge in [-0.2, -0.15) is 13.2 Å². The molecule has 2 aliphatic heterocycles. The maximum Gasteiger partial charge on any atom is 0.396 e. The van der Waals surface area contributed by atoms with Crippen molar-refractivity contribution < 1.29 is 37.3 Å². The van der Waals surface area contributed by atoms with Crippen LogP contribution in [0.1, 0.15) is 79.1 Å². The fourth-order valence-corrected chi connectivity index (χ4v) is 5.48. The molecule has 9 heteroatoms. The van der Waals surface area contributed by atoms with Crippen molar-refractivity contribution in [3.05, 3.63) is 23.0 Å². The number of carbonyl (C=O) groups is 2. The number of likely N-dealkylation sites (tertiary alicyclic amines) is 1. The van der Waals surface area contributed by atoms with Crippen LogP contribution in [0.2, 0.25) is 0 Å². The third-order valence-electron chi connectivity index (χ3n) is 7.06. The number of halogens is 3. The van der Waals surface area contributed by atoms with E-state index in [0.717, 1.165) is 6.42 Å². The summed E-state index contributed by atoms with van der Waals surface area (Å²) in [6.07, 6.45) is -1.05. The van der Waals surface area contributed by atoms with Gasteiger partial charge in [0.1, 0.15) is 12.0 Å². The Morgan fingerprint density at radius 2 is 1.94 bits per heavy atom. The van der Waals surface area contributed by atoms with Crippen molar-refractivity contribution in [1.82, 2.24) is 4.90 Å². The first kappa shape index (κ1) is 27.7. The van der Waals surface area contributed by atoms with Crippen molar-refractivity contribution in [3.63, 3.8) is 0 Å². The lowest BCUT2D eigenvalue weighted by Crippen LogP contribution is -2.49. The average molecular weight is 502 g/mol. The Hall–Kier alpha value is -1.87. The van der Waals surface area contributed by atoms with Gasteiger partial charge in [0, 0.05) is 36.6 Å². The fraction of sp³-hybridized carbons (Fsp3) is 0.769. The van der Waals surface area contributed by atoms with Crippen LogP contribution in [-0.2, 0) is 19.1 Å². The van der Waals surface area contributed by atoms with E-state index in [9.17, 15) is 27.9 Å². The molecule has 4 atom stereocenters. The summed E-state index contributed by atoms with van der Waals surface area (Å²) < 4.78 is 53.0. The second kappa shape index (κ2) is 11.0. The van der Waals surface area contributed by atoms with E-state index in [1.165, 1.54) is 4.90 Å². The minimum absolute atomic E-state index is 0.0339. The lowest BCUT2D eigenvalue weighted by molar-refractivity contribution is -0.181. The van der Waals surface area contributed by atoms with Gasteiger partial charge in [-0.1, -0.05) is 46.6 Å². The lowest BCUT2D eigenvalue weighted by Gasteiger charge is -2.40. The highest BCUT2D eigenvalue weighted by molar-refractivity contribution is 5.78. The third-order valence-corrected chi connectivity index (χ3v) is 7.06. The van der Waals surface area contributed by atoms with Crippen LogP contribution in [0, 0.1) is 17.3 Å². The van der Waals surface area contributed by atoms with Gasteiger partial charge in [0.25, 0.3) is 0 Å². The molecule has 1 amide bonds. The number of nitrogens with zero attached hydrogens (tertiary/aromatic N) is 1. The van der Waals surface area contributed by atoms with Crippen molar-refractivity contribution in [2.45, 2.75) is 97.6 Å². The molecule has 0 bridgehead atoms. The molecule has 1 N–H and O–H groups in total. The Labute approximate surface area is 205 Å². The number of aliphatic hydroxyl groups is 1. The highest BCUT2D eigenvalue weighted by Gasteiger charge is 2.50. The van der Waals surface area contributed by atoms with Gasteiger partial charge in [0.05, 0.1) is 18.4 Å². The predicted octanol–water partition coefficient (Wildman–Crippen LogP) is 5.26. The van der Waals surface area contributed by atoms with Crippen LogP contribution < -0.4 is 0 Å². The number of piperidine rings is 1. The summed E-state index contributed by atoms with van der Waals surface area (Å²) >= 11 is 0. The number of hydrogen-bond acceptors (Lipinski definition) is 5. The molecule has 1 aliphatic carbocycles. The number of ether oxygens (including phenoxy) is 2. The SMILES string of the molecule is CCCC1=C2OC(=O)CC(C(F)(F)F)C2=CC(CCC)C1OCCCN1C(=O)CC(C)(C)CC1O. The summed E-state index contributed by atoms with van der Waals surface area (Å²) in [5.74, 6) is -3.05. The normalized spacial score (nSPS) is 29.1. The second-order valence-corrected chi connectivity index (χ2v) is 10.7. The molecule has 6 nitrogen and oxygen atoms in total. The van der Waals surface area contributed by atoms with E-state index in [0.29, 0.717) is 50.6 Å². The van der Waals surface area contributed by atoms with Crippen LogP contribution in [-0.4, -0.2) is 53.5 Å². The zero-order chi connectivity index (χ0) is 26.0. The van der Waals surface area contributed by atoms with Gasteiger partial charge in [-0.3, -0.25) is 9.59 Å². The molecule has 4 unspecified atom stereocenters. The molecule has 0 saturated carbocycles. The van der Waals surface area contributed by atoms with Crippen molar-refractivity contribution >= 4 is 11.9 Å². The van der Waals surface area contributed by atoms with E-state index in [1.807, 2.05) is 27.7 Å². The standard InChI is InChI=1S/C26H38F3NO5/c1-5-8-16-12-18-19(26(27,28)29)13-22(33)35-24(18)17(9-6-2)23(16)34-11-7-10-30-20(31)14-25(3,4)15-21(30)32/h12,16,19-20,23,31H,5-11,13-15H2,1-4H3. The molecular weight excluding hydrogens is 463 g/mol. The Kier molecular flexibility index (Phi) is 8.73. The molecule has 2 heterocycles. The molecule has 0 aromatic carbocycles. The first-order valence-electron chi connectivity index (χ1n) is 12.7.